The van der Waals surface area contributed by atoms with Crippen LogP contribution in [0.2, 0.25) is 0 Å². The molecule has 16 heavy (non-hydrogen) atoms. The van der Waals surface area contributed by atoms with Gasteiger partial charge in [-0.1, -0.05) is 11.6 Å². The first kappa shape index (κ1) is 11.6. The molecule has 3 nitrogen and oxygen atoms in total. The summed E-state index contributed by atoms with van der Waals surface area (Å²) in [6.45, 7) is 6.27. The molecule has 0 aromatic rings. The Hall–Kier alpha value is -0.830. The van der Waals surface area contributed by atoms with Crippen LogP contribution in [0.4, 0.5) is 0 Å². The first-order valence-electron chi connectivity index (χ1n) is 6.07. The van der Waals surface area contributed by atoms with E-state index in [-0.39, 0.29) is 11.4 Å². The lowest BCUT2D eigenvalue weighted by molar-refractivity contribution is -0.186. The van der Waals surface area contributed by atoms with Crippen molar-refractivity contribution < 1.29 is 14.3 Å². The van der Waals surface area contributed by atoms with Crippen molar-refractivity contribution >= 4 is 5.97 Å². The normalized spacial score (nSPS) is 33.7. The van der Waals surface area contributed by atoms with E-state index in [0.29, 0.717) is 12.5 Å². The van der Waals surface area contributed by atoms with E-state index in [1.807, 2.05) is 13.8 Å². The van der Waals surface area contributed by atoms with Gasteiger partial charge in [0.1, 0.15) is 0 Å². The molecule has 0 N–H and O–H groups in total. The summed E-state index contributed by atoms with van der Waals surface area (Å²) < 4.78 is 10.6. The van der Waals surface area contributed by atoms with Gasteiger partial charge in [0, 0.05) is 6.61 Å². The van der Waals surface area contributed by atoms with Crippen LogP contribution in [0.15, 0.2) is 11.6 Å². The largest absolute Gasteiger partial charge is 0.436 e. The zero-order valence-electron chi connectivity index (χ0n) is 10.3. The molecule has 2 aliphatic rings. The van der Waals surface area contributed by atoms with Crippen LogP contribution >= 0.6 is 0 Å². The molecule has 2 aliphatic carbocycles. The summed E-state index contributed by atoms with van der Waals surface area (Å²) in [6, 6.07) is 0. The number of hydrogen-bond acceptors (Lipinski definition) is 3. The molecular weight excluding hydrogens is 204 g/mol. The van der Waals surface area contributed by atoms with Crippen LogP contribution in [0.5, 0.6) is 0 Å². The van der Waals surface area contributed by atoms with Gasteiger partial charge < -0.3 is 9.47 Å². The minimum absolute atomic E-state index is 0.0958. The number of hydrogen-bond donors (Lipinski definition) is 0. The summed E-state index contributed by atoms with van der Waals surface area (Å²) in [5.41, 5.74) is 1.11. The summed E-state index contributed by atoms with van der Waals surface area (Å²) in [6.07, 6.45) is 4.82. The fraction of sp³-hybridized carbons (Fsp3) is 0.769. The molecule has 0 spiro atoms. The molecule has 0 aromatic carbocycles. The van der Waals surface area contributed by atoms with Gasteiger partial charge in [-0.25, -0.2) is 0 Å². The van der Waals surface area contributed by atoms with Crippen molar-refractivity contribution in [3.8, 4) is 0 Å². The maximum Gasteiger partial charge on any atom is 0.314 e. The number of ether oxygens (including phenoxy) is 2. The smallest absolute Gasteiger partial charge is 0.314 e. The molecule has 0 amide bonds. The van der Waals surface area contributed by atoms with E-state index in [9.17, 15) is 4.79 Å². The van der Waals surface area contributed by atoms with Gasteiger partial charge in [0.15, 0.2) is 6.29 Å². The Bertz CT molecular complexity index is 321. The van der Waals surface area contributed by atoms with Crippen LogP contribution in [0.3, 0.4) is 0 Å². The maximum absolute atomic E-state index is 12.1. The van der Waals surface area contributed by atoms with Gasteiger partial charge in [0.05, 0.1) is 5.41 Å². The fourth-order valence-corrected chi connectivity index (χ4v) is 2.83. The minimum atomic E-state index is -0.428. The van der Waals surface area contributed by atoms with Gasteiger partial charge in [-0.3, -0.25) is 4.79 Å². The van der Waals surface area contributed by atoms with E-state index in [0.717, 1.165) is 19.3 Å². The Balaban J connectivity index is 1.97. The van der Waals surface area contributed by atoms with Crippen molar-refractivity contribution in [3.63, 3.8) is 0 Å². The van der Waals surface area contributed by atoms with Gasteiger partial charge in [0.25, 0.3) is 0 Å². The van der Waals surface area contributed by atoms with Gasteiger partial charge in [-0.15, -0.1) is 0 Å². The number of rotatable bonds is 4. The Morgan fingerprint density at radius 2 is 2.44 bits per heavy atom. The second-order valence-corrected chi connectivity index (χ2v) is 5.02. The predicted molar refractivity (Wildman–Crippen MR) is 60.7 cm³/mol. The summed E-state index contributed by atoms with van der Waals surface area (Å²) >= 11 is 0. The Morgan fingerprint density at radius 1 is 1.69 bits per heavy atom. The molecule has 1 saturated carbocycles. The van der Waals surface area contributed by atoms with Gasteiger partial charge in [0.2, 0.25) is 0 Å². The molecule has 1 fully saturated rings. The number of esters is 1. The van der Waals surface area contributed by atoms with E-state index in [4.69, 9.17) is 9.47 Å². The summed E-state index contributed by atoms with van der Waals surface area (Å²) in [5, 5.41) is 0. The lowest BCUT2D eigenvalue weighted by atomic mass is 9.77. The van der Waals surface area contributed by atoms with Crippen molar-refractivity contribution in [2.24, 2.45) is 11.3 Å². The summed E-state index contributed by atoms with van der Waals surface area (Å²) in [4.78, 5) is 12.1. The van der Waals surface area contributed by atoms with Crippen LogP contribution in [0, 0.1) is 11.3 Å². The molecule has 3 unspecified atom stereocenters. The SMILES string of the molecule is CCOC(C)OC(=O)C1(C)CC2=CCC1C2. The highest BCUT2D eigenvalue weighted by molar-refractivity contribution is 5.78. The lowest BCUT2D eigenvalue weighted by Gasteiger charge is -2.30. The van der Waals surface area contributed by atoms with Crippen LogP contribution in [0.1, 0.15) is 40.0 Å². The molecule has 2 rings (SSSR count). The second kappa shape index (κ2) is 4.21. The first-order valence-corrected chi connectivity index (χ1v) is 6.07. The molecule has 3 atom stereocenters. The summed E-state index contributed by atoms with van der Waals surface area (Å²) in [5.74, 6) is 0.352. The van der Waals surface area contributed by atoms with E-state index >= 15 is 0 Å². The second-order valence-electron chi connectivity index (χ2n) is 5.02. The third-order valence-electron chi connectivity index (χ3n) is 3.84. The molecule has 2 bridgehead atoms. The monoisotopic (exact) mass is 224 g/mol. The molecule has 0 heterocycles. The van der Waals surface area contributed by atoms with Gasteiger partial charge in [-0.05, 0) is 46.0 Å². The standard InChI is InChI=1S/C13H20O3/c1-4-15-9(2)16-12(14)13(3)8-10-5-6-11(13)7-10/h5,9,11H,4,6-8H2,1-3H3. The zero-order valence-corrected chi connectivity index (χ0v) is 10.3. The molecule has 0 aromatic heterocycles. The zero-order chi connectivity index (χ0) is 11.8. The highest BCUT2D eigenvalue weighted by Crippen LogP contribution is 2.53. The Morgan fingerprint density at radius 3 is 2.94 bits per heavy atom. The number of carbonyl (C=O) groups is 1. The van der Waals surface area contributed by atoms with Crippen molar-refractivity contribution in [2.45, 2.75) is 46.3 Å². The predicted octanol–water partition coefficient (Wildman–Crippen LogP) is 2.66. The van der Waals surface area contributed by atoms with E-state index < -0.39 is 6.29 Å². The van der Waals surface area contributed by atoms with Crippen LogP contribution < -0.4 is 0 Å². The Kier molecular flexibility index (Phi) is 3.06. The minimum Gasteiger partial charge on any atom is -0.436 e. The quantitative estimate of drug-likeness (QED) is 0.418. The van der Waals surface area contributed by atoms with Crippen molar-refractivity contribution in [1.82, 2.24) is 0 Å². The molecule has 0 radical (unpaired) electrons. The maximum atomic E-state index is 12.1. The molecule has 0 saturated heterocycles. The molecular formula is C13H20O3. The molecule has 90 valence electrons. The number of carbonyl (C=O) groups excluding carboxylic acids is 1. The fourth-order valence-electron chi connectivity index (χ4n) is 2.83. The average molecular weight is 224 g/mol. The van der Waals surface area contributed by atoms with Crippen molar-refractivity contribution in [3.05, 3.63) is 11.6 Å². The average Bonchev–Trinajstić information content (AvgIpc) is 2.77. The van der Waals surface area contributed by atoms with E-state index in [1.54, 1.807) is 6.92 Å². The van der Waals surface area contributed by atoms with Crippen molar-refractivity contribution in [1.29, 1.82) is 0 Å². The van der Waals surface area contributed by atoms with E-state index in [2.05, 4.69) is 6.08 Å². The first-order chi connectivity index (χ1) is 7.56. The highest BCUT2D eigenvalue weighted by Gasteiger charge is 2.50. The topological polar surface area (TPSA) is 35.5 Å². The number of allylic oxidation sites excluding steroid dienone is 2. The van der Waals surface area contributed by atoms with Gasteiger partial charge in [-0.2, -0.15) is 0 Å². The molecule has 3 heteroatoms. The van der Waals surface area contributed by atoms with Crippen LogP contribution in [-0.4, -0.2) is 18.9 Å². The van der Waals surface area contributed by atoms with E-state index in [1.165, 1.54) is 5.57 Å². The van der Waals surface area contributed by atoms with Crippen molar-refractivity contribution in [2.75, 3.05) is 6.61 Å². The van der Waals surface area contributed by atoms with Crippen LogP contribution in [0.25, 0.3) is 0 Å². The molecule has 0 aliphatic heterocycles. The third kappa shape index (κ3) is 1.88. The van der Waals surface area contributed by atoms with Gasteiger partial charge >= 0.3 is 5.97 Å². The Labute approximate surface area is 96.8 Å². The lowest BCUT2D eigenvalue weighted by Crippen LogP contribution is -2.36. The third-order valence-corrected chi connectivity index (χ3v) is 3.84. The summed E-state index contributed by atoms with van der Waals surface area (Å²) in [7, 11) is 0. The number of fused-ring (bicyclic) bond motifs is 2. The highest BCUT2D eigenvalue weighted by atomic mass is 16.7. The van der Waals surface area contributed by atoms with Crippen LogP contribution in [-0.2, 0) is 14.3 Å².